The summed E-state index contributed by atoms with van der Waals surface area (Å²) in [6.07, 6.45) is -4.70. The molecule has 21 heavy (non-hydrogen) atoms. The zero-order valence-electron chi connectivity index (χ0n) is 11.3. The van der Waals surface area contributed by atoms with Gasteiger partial charge in [-0.2, -0.15) is 23.7 Å². The van der Waals surface area contributed by atoms with Crippen molar-refractivity contribution < 1.29 is 18.0 Å². The molecule has 0 radical (unpaired) electrons. The van der Waals surface area contributed by atoms with E-state index in [9.17, 15) is 18.0 Å². The van der Waals surface area contributed by atoms with E-state index < -0.39 is 29.1 Å². The SMILES string of the molecule is CC(C)C(C#N)C(=O)Nc1ccc(C#N)c(C(F)(F)F)c1. The molecule has 0 heterocycles. The largest absolute Gasteiger partial charge is 0.417 e. The molecule has 1 rings (SSSR count). The quantitative estimate of drug-likeness (QED) is 0.929. The molecule has 0 aliphatic carbocycles. The van der Waals surface area contributed by atoms with Crippen LogP contribution in [0, 0.1) is 34.5 Å². The van der Waals surface area contributed by atoms with Gasteiger partial charge in [-0.05, 0) is 24.1 Å². The Labute approximate surface area is 119 Å². The fraction of sp³-hybridized carbons (Fsp3) is 0.357. The van der Waals surface area contributed by atoms with E-state index in [2.05, 4.69) is 5.32 Å². The van der Waals surface area contributed by atoms with Crippen molar-refractivity contribution in [2.45, 2.75) is 20.0 Å². The van der Waals surface area contributed by atoms with E-state index in [1.54, 1.807) is 19.9 Å². The molecular formula is C14H12F3N3O. The minimum Gasteiger partial charge on any atom is -0.325 e. The maximum atomic E-state index is 12.8. The van der Waals surface area contributed by atoms with Crippen molar-refractivity contribution in [2.75, 3.05) is 5.32 Å². The smallest absolute Gasteiger partial charge is 0.325 e. The van der Waals surface area contributed by atoms with E-state index >= 15 is 0 Å². The number of halogens is 3. The summed E-state index contributed by atoms with van der Waals surface area (Å²) < 4.78 is 38.4. The number of benzene rings is 1. The number of nitriles is 2. The van der Waals surface area contributed by atoms with Crippen LogP contribution in [0.4, 0.5) is 18.9 Å². The van der Waals surface area contributed by atoms with Crippen LogP contribution in [-0.2, 0) is 11.0 Å². The van der Waals surface area contributed by atoms with Crippen LogP contribution >= 0.6 is 0 Å². The summed E-state index contributed by atoms with van der Waals surface area (Å²) in [4.78, 5) is 11.8. The Bertz CT molecular complexity index is 624. The molecule has 0 fully saturated rings. The highest BCUT2D eigenvalue weighted by molar-refractivity contribution is 5.94. The zero-order chi connectivity index (χ0) is 16.2. The molecule has 0 bridgehead atoms. The lowest BCUT2D eigenvalue weighted by molar-refractivity contribution is -0.137. The summed E-state index contributed by atoms with van der Waals surface area (Å²) in [5.74, 6) is -1.91. The number of rotatable bonds is 3. The molecule has 0 spiro atoms. The first-order chi connectivity index (χ1) is 9.70. The highest BCUT2D eigenvalue weighted by Gasteiger charge is 2.34. The third kappa shape index (κ3) is 3.96. The molecule has 0 saturated carbocycles. The van der Waals surface area contributed by atoms with Crippen molar-refractivity contribution in [1.82, 2.24) is 0 Å². The van der Waals surface area contributed by atoms with Crippen molar-refractivity contribution >= 4 is 11.6 Å². The lowest BCUT2D eigenvalue weighted by Crippen LogP contribution is -2.25. The third-order valence-corrected chi connectivity index (χ3v) is 2.80. The topological polar surface area (TPSA) is 76.7 Å². The van der Waals surface area contributed by atoms with Crippen LogP contribution in [0.3, 0.4) is 0 Å². The molecule has 4 nitrogen and oxygen atoms in total. The minimum atomic E-state index is -4.70. The molecule has 0 aliphatic heterocycles. The van der Waals surface area contributed by atoms with Gasteiger partial charge in [-0.3, -0.25) is 4.79 Å². The zero-order valence-corrected chi connectivity index (χ0v) is 11.3. The average Bonchev–Trinajstić information content (AvgIpc) is 2.37. The summed E-state index contributed by atoms with van der Waals surface area (Å²) in [6, 6.07) is 6.11. The van der Waals surface area contributed by atoms with Gasteiger partial charge in [0.25, 0.3) is 0 Å². The van der Waals surface area contributed by atoms with Crippen LogP contribution in [0.25, 0.3) is 0 Å². The summed E-state index contributed by atoms with van der Waals surface area (Å²) in [6.45, 7) is 3.32. The monoisotopic (exact) mass is 295 g/mol. The van der Waals surface area contributed by atoms with Crippen LogP contribution in [0.5, 0.6) is 0 Å². The predicted octanol–water partition coefficient (Wildman–Crippen LogP) is 3.31. The van der Waals surface area contributed by atoms with Crippen molar-refractivity contribution in [3.8, 4) is 12.1 Å². The van der Waals surface area contributed by atoms with E-state index in [1.165, 1.54) is 12.1 Å². The van der Waals surface area contributed by atoms with Gasteiger partial charge in [0.2, 0.25) is 5.91 Å². The molecule has 0 aromatic heterocycles. The van der Waals surface area contributed by atoms with Gasteiger partial charge in [0.15, 0.2) is 0 Å². The molecule has 1 amide bonds. The molecule has 7 heteroatoms. The van der Waals surface area contributed by atoms with E-state index in [1.807, 2.05) is 0 Å². The molecule has 1 unspecified atom stereocenters. The highest BCUT2D eigenvalue weighted by Crippen LogP contribution is 2.33. The lowest BCUT2D eigenvalue weighted by atomic mass is 9.96. The van der Waals surface area contributed by atoms with E-state index in [-0.39, 0.29) is 11.6 Å². The van der Waals surface area contributed by atoms with Crippen molar-refractivity contribution in [2.24, 2.45) is 11.8 Å². The van der Waals surface area contributed by atoms with Crippen LogP contribution < -0.4 is 5.32 Å². The summed E-state index contributed by atoms with van der Waals surface area (Å²) in [5, 5.41) is 19.8. The average molecular weight is 295 g/mol. The first-order valence-electron chi connectivity index (χ1n) is 6.02. The van der Waals surface area contributed by atoms with E-state index in [0.29, 0.717) is 6.07 Å². The normalized spacial score (nSPS) is 12.4. The van der Waals surface area contributed by atoms with Gasteiger partial charge in [0.1, 0.15) is 5.92 Å². The van der Waals surface area contributed by atoms with Crippen LogP contribution in [0.1, 0.15) is 25.0 Å². The Kier molecular flexibility index (Phi) is 4.93. The van der Waals surface area contributed by atoms with Gasteiger partial charge < -0.3 is 5.32 Å². The molecular weight excluding hydrogens is 283 g/mol. The lowest BCUT2D eigenvalue weighted by Gasteiger charge is -2.15. The van der Waals surface area contributed by atoms with Gasteiger partial charge in [-0.25, -0.2) is 0 Å². The number of hydrogen-bond donors (Lipinski definition) is 1. The molecule has 1 aromatic carbocycles. The Morgan fingerprint density at radius 1 is 1.29 bits per heavy atom. The third-order valence-electron chi connectivity index (χ3n) is 2.80. The van der Waals surface area contributed by atoms with Crippen molar-refractivity contribution in [3.63, 3.8) is 0 Å². The number of anilines is 1. The molecule has 1 aromatic rings. The first-order valence-corrected chi connectivity index (χ1v) is 6.02. The van der Waals surface area contributed by atoms with Gasteiger partial charge in [0, 0.05) is 5.69 Å². The Hall–Kier alpha value is -2.54. The second-order valence-corrected chi connectivity index (χ2v) is 4.71. The number of nitrogens with one attached hydrogen (secondary N) is 1. The van der Waals surface area contributed by atoms with Crippen LogP contribution in [-0.4, -0.2) is 5.91 Å². The fourth-order valence-electron chi connectivity index (χ4n) is 1.68. The molecule has 0 aliphatic rings. The fourth-order valence-corrected chi connectivity index (χ4v) is 1.68. The number of carbonyl (C=O) groups excluding carboxylic acids is 1. The second kappa shape index (κ2) is 6.27. The summed E-state index contributed by atoms with van der Waals surface area (Å²) in [7, 11) is 0. The number of carbonyl (C=O) groups is 1. The highest BCUT2D eigenvalue weighted by atomic mass is 19.4. The summed E-state index contributed by atoms with van der Waals surface area (Å²) in [5.41, 5.74) is -1.76. The molecule has 1 N–H and O–H groups in total. The minimum absolute atomic E-state index is 0.104. The summed E-state index contributed by atoms with van der Waals surface area (Å²) >= 11 is 0. The van der Waals surface area contributed by atoms with Gasteiger partial charge >= 0.3 is 6.18 Å². The van der Waals surface area contributed by atoms with Gasteiger partial charge in [-0.1, -0.05) is 13.8 Å². The molecule has 0 saturated heterocycles. The number of alkyl halides is 3. The van der Waals surface area contributed by atoms with Gasteiger partial charge in [0.05, 0.1) is 23.3 Å². The number of amides is 1. The predicted molar refractivity (Wildman–Crippen MR) is 68.7 cm³/mol. The van der Waals surface area contributed by atoms with E-state index in [4.69, 9.17) is 10.5 Å². The van der Waals surface area contributed by atoms with Crippen LogP contribution in [0.15, 0.2) is 18.2 Å². The molecule has 1 atom stereocenters. The number of hydrogen-bond acceptors (Lipinski definition) is 3. The van der Waals surface area contributed by atoms with Crippen LogP contribution in [0.2, 0.25) is 0 Å². The Morgan fingerprint density at radius 3 is 2.33 bits per heavy atom. The Morgan fingerprint density at radius 2 is 1.90 bits per heavy atom. The molecule has 110 valence electrons. The standard InChI is InChI=1S/C14H12F3N3O/c1-8(2)11(7-19)13(21)20-10-4-3-9(6-18)12(5-10)14(15,16)17/h3-5,8,11H,1-2H3,(H,20,21). The van der Waals surface area contributed by atoms with E-state index in [0.717, 1.165) is 6.07 Å². The van der Waals surface area contributed by atoms with Crippen molar-refractivity contribution in [1.29, 1.82) is 10.5 Å². The maximum Gasteiger partial charge on any atom is 0.417 e. The number of nitrogens with zero attached hydrogens (tertiary/aromatic N) is 2. The van der Waals surface area contributed by atoms with Crippen molar-refractivity contribution in [3.05, 3.63) is 29.3 Å². The first kappa shape index (κ1) is 16.5. The van der Waals surface area contributed by atoms with Gasteiger partial charge in [-0.15, -0.1) is 0 Å². The Balaban J connectivity index is 3.10. The maximum absolute atomic E-state index is 12.8. The second-order valence-electron chi connectivity index (χ2n) is 4.71.